The summed E-state index contributed by atoms with van der Waals surface area (Å²) in [5.41, 5.74) is 0.477. The zero-order valence-corrected chi connectivity index (χ0v) is 11.1. The largest absolute Gasteiger partial charge is 0.324 e. The average Bonchev–Trinajstić information content (AvgIpc) is 2.69. The molecule has 1 aromatic carbocycles. The first kappa shape index (κ1) is 13.6. The topological polar surface area (TPSA) is 32.3 Å². The third-order valence-corrected chi connectivity index (χ3v) is 3.35. The van der Waals surface area contributed by atoms with Crippen molar-refractivity contribution in [3.8, 4) is 0 Å². The summed E-state index contributed by atoms with van der Waals surface area (Å²) in [7, 11) is 0. The Bertz CT molecular complexity index is 456. The lowest BCUT2D eigenvalue weighted by molar-refractivity contribution is -0.117. The fourth-order valence-electron chi connectivity index (χ4n) is 1.92. The Balaban J connectivity index is 1.92. The number of likely N-dealkylation sites (tertiary alicyclic amines) is 1. The summed E-state index contributed by atoms with van der Waals surface area (Å²) in [6.45, 7) is 1.10. The summed E-state index contributed by atoms with van der Waals surface area (Å²) in [4.78, 5) is 13.5. The molecule has 1 saturated heterocycles. The van der Waals surface area contributed by atoms with Crippen molar-refractivity contribution in [3.63, 3.8) is 0 Å². The molecule has 1 amide bonds. The number of nitrogens with one attached hydrogen (secondary N) is 1. The van der Waals surface area contributed by atoms with Crippen LogP contribution in [0.3, 0.4) is 0 Å². The first-order chi connectivity index (χ1) is 8.54. The number of benzene rings is 1. The lowest BCUT2D eigenvalue weighted by Crippen LogP contribution is -2.31. The number of alkyl halides is 1. The van der Waals surface area contributed by atoms with Gasteiger partial charge >= 0.3 is 0 Å². The van der Waals surface area contributed by atoms with Gasteiger partial charge in [0.15, 0.2) is 0 Å². The Hall–Kier alpha value is -0.840. The predicted octanol–water partition coefficient (Wildman–Crippen LogP) is 2.98. The lowest BCUT2D eigenvalue weighted by Gasteiger charge is -2.14. The molecule has 0 bridgehead atoms. The van der Waals surface area contributed by atoms with Crippen LogP contribution >= 0.6 is 23.2 Å². The van der Waals surface area contributed by atoms with E-state index in [9.17, 15) is 9.18 Å². The van der Waals surface area contributed by atoms with Crippen molar-refractivity contribution >= 4 is 34.8 Å². The van der Waals surface area contributed by atoms with Gasteiger partial charge in [-0.2, -0.15) is 0 Å². The van der Waals surface area contributed by atoms with Gasteiger partial charge in [0.05, 0.1) is 17.3 Å². The molecule has 0 saturated carbocycles. The monoisotopic (exact) mass is 290 g/mol. The van der Waals surface area contributed by atoms with E-state index < -0.39 is 6.17 Å². The Morgan fingerprint density at radius 2 is 2.28 bits per heavy atom. The van der Waals surface area contributed by atoms with Gasteiger partial charge in [0, 0.05) is 18.1 Å². The standard InChI is InChI=1S/C12H13Cl2FN2O/c13-8-1-2-10(14)11(5-8)16-12(18)7-17-4-3-9(15)6-17/h1-2,5,9H,3-4,6-7H2,(H,16,18). The Kier molecular flexibility index (Phi) is 4.43. The second-order valence-corrected chi connectivity index (χ2v) is 5.14. The van der Waals surface area contributed by atoms with Gasteiger partial charge in [-0.05, 0) is 24.6 Å². The fraction of sp³-hybridized carbons (Fsp3) is 0.417. The quantitative estimate of drug-likeness (QED) is 0.928. The SMILES string of the molecule is O=C(CN1CCC(F)C1)Nc1cc(Cl)ccc1Cl. The Labute approximate surface area is 115 Å². The number of amides is 1. The highest BCUT2D eigenvalue weighted by Gasteiger charge is 2.23. The Morgan fingerprint density at radius 1 is 1.50 bits per heavy atom. The van der Waals surface area contributed by atoms with Crippen LogP contribution in [0.2, 0.25) is 10.0 Å². The first-order valence-corrected chi connectivity index (χ1v) is 6.41. The number of nitrogens with zero attached hydrogens (tertiary/aromatic N) is 1. The molecule has 1 heterocycles. The summed E-state index contributed by atoms with van der Waals surface area (Å²) < 4.78 is 13.0. The molecule has 1 aromatic rings. The second kappa shape index (κ2) is 5.87. The highest BCUT2D eigenvalue weighted by Crippen LogP contribution is 2.25. The molecule has 0 radical (unpaired) electrons. The zero-order chi connectivity index (χ0) is 13.1. The van der Waals surface area contributed by atoms with Crippen LogP contribution in [0.25, 0.3) is 0 Å². The molecule has 3 nitrogen and oxygen atoms in total. The molecule has 0 aromatic heterocycles. The minimum Gasteiger partial charge on any atom is -0.324 e. The molecule has 1 aliphatic heterocycles. The summed E-state index contributed by atoms with van der Waals surface area (Å²) in [5, 5.41) is 3.60. The number of carbonyl (C=O) groups is 1. The molecular weight excluding hydrogens is 278 g/mol. The average molecular weight is 291 g/mol. The molecule has 98 valence electrons. The molecule has 6 heteroatoms. The summed E-state index contributed by atoms with van der Waals surface area (Å²) in [5.74, 6) is -0.215. The Morgan fingerprint density at radius 3 is 2.94 bits per heavy atom. The number of hydrogen-bond donors (Lipinski definition) is 1. The maximum atomic E-state index is 13.0. The number of rotatable bonds is 3. The zero-order valence-electron chi connectivity index (χ0n) is 9.63. The van der Waals surface area contributed by atoms with E-state index in [0.717, 1.165) is 0 Å². The van der Waals surface area contributed by atoms with E-state index in [2.05, 4.69) is 5.32 Å². The van der Waals surface area contributed by atoms with E-state index in [1.807, 2.05) is 0 Å². The molecule has 1 unspecified atom stereocenters. The van der Waals surface area contributed by atoms with E-state index in [-0.39, 0.29) is 12.5 Å². The third-order valence-electron chi connectivity index (χ3n) is 2.78. The molecule has 2 rings (SSSR count). The van der Waals surface area contributed by atoms with Crippen LogP contribution in [-0.4, -0.2) is 36.6 Å². The molecule has 1 aliphatic rings. The van der Waals surface area contributed by atoms with Crippen LogP contribution in [0.1, 0.15) is 6.42 Å². The van der Waals surface area contributed by atoms with E-state index in [0.29, 0.717) is 35.2 Å². The van der Waals surface area contributed by atoms with Gasteiger partial charge in [0.25, 0.3) is 0 Å². The summed E-state index contributed by atoms with van der Waals surface area (Å²) in [6.07, 6.45) is -0.335. The molecule has 1 N–H and O–H groups in total. The van der Waals surface area contributed by atoms with Crippen molar-refractivity contribution in [2.24, 2.45) is 0 Å². The lowest BCUT2D eigenvalue weighted by atomic mass is 10.3. The maximum Gasteiger partial charge on any atom is 0.238 e. The number of carbonyl (C=O) groups excluding carboxylic acids is 1. The smallest absolute Gasteiger partial charge is 0.238 e. The van der Waals surface area contributed by atoms with Gasteiger partial charge in [0.1, 0.15) is 6.17 Å². The van der Waals surface area contributed by atoms with E-state index in [1.54, 1.807) is 23.1 Å². The van der Waals surface area contributed by atoms with Gasteiger partial charge < -0.3 is 5.32 Å². The van der Waals surface area contributed by atoms with E-state index in [4.69, 9.17) is 23.2 Å². The number of halogens is 3. The molecule has 18 heavy (non-hydrogen) atoms. The second-order valence-electron chi connectivity index (χ2n) is 4.29. The summed E-state index contributed by atoms with van der Waals surface area (Å²) >= 11 is 11.8. The molecule has 1 fully saturated rings. The van der Waals surface area contributed by atoms with Gasteiger partial charge in [-0.3, -0.25) is 9.69 Å². The van der Waals surface area contributed by atoms with Crippen molar-refractivity contribution in [1.29, 1.82) is 0 Å². The van der Waals surface area contributed by atoms with E-state index >= 15 is 0 Å². The van der Waals surface area contributed by atoms with Crippen molar-refractivity contribution in [3.05, 3.63) is 28.2 Å². The van der Waals surface area contributed by atoms with Gasteiger partial charge in [-0.1, -0.05) is 23.2 Å². The van der Waals surface area contributed by atoms with Gasteiger partial charge in [-0.15, -0.1) is 0 Å². The normalized spacial score (nSPS) is 20.1. The predicted molar refractivity (Wildman–Crippen MR) is 71.0 cm³/mol. The van der Waals surface area contributed by atoms with Gasteiger partial charge in [0.2, 0.25) is 5.91 Å². The van der Waals surface area contributed by atoms with Crippen LogP contribution in [0.5, 0.6) is 0 Å². The molecule has 0 aliphatic carbocycles. The van der Waals surface area contributed by atoms with Crippen LogP contribution in [0, 0.1) is 0 Å². The van der Waals surface area contributed by atoms with Crippen molar-refractivity contribution in [1.82, 2.24) is 4.90 Å². The number of anilines is 1. The third kappa shape index (κ3) is 3.57. The van der Waals surface area contributed by atoms with Crippen LogP contribution < -0.4 is 5.32 Å². The molecular formula is C12H13Cl2FN2O. The highest BCUT2D eigenvalue weighted by atomic mass is 35.5. The molecule has 1 atom stereocenters. The first-order valence-electron chi connectivity index (χ1n) is 5.66. The maximum absolute atomic E-state index is 13.0. The van der Waals surface area contributed by atoms with E-state index in [1.165, 1.54) is 0 Å². The number of hydrogen-bond acceptors (Lipinski definition) is 2. The fourth-order valence-corrected chi connectivity index (χ4v) is 2.25. The highest BCUT2D eigenvalue weighted by molar-refractivity contribution is 6.35. The van der Waals surface area contributed by atoms with Crippen molar-refractivity contribution in [2.45, 2.75) is 12.6 Å². The van der Waals surface area contributed by atoms with Crippen molar-refractivity contribution < 1.29 is 9.18 Å². The summed E-state index contributed by atoms with van der Waals surface area (Å²) in [6, 6.07) is 4.85. The van der Waals surface area contributed by atoms with Crippen LogP contribution in [-0.2, 0) is 4.79 Å². The minimum absolute atomic E-state index is 0.170. The van der Waals surface area contributed by atoms with Crippen molar-refractivity contribution in [2.75, 3.05) is 25.0 Å². The van der Waals surface area contributed by atoms with Crippen LogP contribution in [0.15, 0.2) is 18.2 Å². The van der Waals surface area contributed by atoms with Gasteiger partial charge in [-0.25, -0.2) is 4.39 Å². The van der Waals surface area contributed by atoms with Crippen LogP contribution in [0.4, 0.5) is 10.1 Å². The molecule has 0 spiro atoms. The minimum atomic E-state index is -0.826.